The highest BCUT2D eigenvalue weighted by Gasteiger charge is 2.28. The number of anilines is 2. The molecule has 1 aliphatic rings. The minimum Gasteiger partial charge on any atom is -0.397 e. The second-order valence-electron chi connectivity index (χ2n) is 5.30. The molecule has 0 amide bonds. The van der Waals surface area contributed by atoms with Crippen molar-refractivity contribution >= 4 is 21.4 Å². The fourth-order valence-corrected chi connectivity index (χ4v) is 3.27. The molecule has 112 valence electrons. The van der Waals surface area contributed by atoms with Gasteiger partial charge in [-0.1, -0.05) is 0 Å². The zero-order valence-electron chi connectivity index (χ0n) is 11.7. The molecule has 0 aromatic heterocycles. The van der Waals surface area contributed by atoms with Gasteiger partial charge in [-0.15, -0.1) is 0 Å². The molecule has 2 rings (SSSR count). The minimum atomic E-state index is -3.47. The number of benzene rings is 1. The molecule has 1 aromatic rings. The van der Waals surface area contributed by atoms with Crippen LogP contribution in [-0.2, 0) is 10.0 Å². The molecular formula is C13H21N3O3S. The Balaban J connectivity index is 2.13. The number of nitrogens with one attached hydrogen (secondary N) is 1. The van der Waals surface area contributed by atoms with E-state index in [0.29, 0.717) is 11.6 Å². The largest absolute Gasteiger partial charge is 0.397 e. The topological polar surface area (TPSA) is 95.7 Å². The van der Waals surface area contributed by atoms with Gasteiger partial charge in [0.1, 0.15) is 0 Å². The van der Waals surface area contributed by atoms with Crippen molar-refractivity contribution in [3.63, 3.8) is 0 Å². The summed E-state index contributed by atoms with van der Waals surface area (Å²) < 4.78 is 25.7. The third-order valence-electron chi connectivity index (χ3n) is 3.73. The van der Waals surface area contributed by atoms with Gasteiger partial charge in [-0.05, 0) is 44.0 Å². The highest BCUT2D eigenvalue weighted by Crippen LogP contribution is 2.31. The van der Waals surface area contributed by atoms with Crippen LogP contribution in [0.25, 0.3) is 0 Å². The van der Waals surface area contributed by atoms with E-state index in [4.69, 9.17) is 5.73 Å². The van der Waals surface area contributed by atoms with Crippen molar-refractivity contribution in [2.24, 2.45) is 5.92 Å². The van der Waals surface area contributed by atoms with Crippen molar-refractivity contribution in [3.8, 4) is 0 Å². The summed E-state index contributed by atoms with van der Waals surface area (Å²) >= 11 is 0. The zero-order chi connectivity index (χ0) is 14.9. The standard InChI is InChI=1S/C13H21N3O3S/c1-15-20(18,19)11-3-4-13(12(14)7-11)16(2)8-9-5-10(17)6-9/h3-4,7,9-10,15,17H,5-6,8,14H2,1-2H3. The van der Waals surface area contributed by atoms with Crippen molar-refractivity contribution < 1.29 is 13.5 Å². The smallest absolute Gasteiger partial charge is 0.240 e. The van der Waals surface area contributed by atoms with Gasteiger partial charge in [0.25, 0.3) is 0 Å². The number of nitrogen functional groups attached to an aromatic ring is 1. The molecule has 4 N–H and O–H groups in total. The van der Waals surface area contributed by atoms with E-state index in [1.165, 1.54) is 13.1 Å². The Bertz CT molecular complexity index is 583. The number of aliphatic hydroxyl groups excluding tert-OH is 1. The van der Waals surface area contributed by atoms with Gasteiger partial charge in [-0.25, -0.2) is 13.1 Å². The summed E-state index contributed by atoms with van der Waals surface area (Å²) in [7, 11) is -0.181. The second-order valence-corrected chi connectivity index (χ2v) is 7.19. The van der Waals surface area contributed by atoms with E-state index in [-0.39, 0.29) is 11.0 Å². The van der Waals surface area contributed by atoms with E-state index in [1.54, 1.807) is 12.1 Å². The Labute approximate surface area is 119 Å². The summed E-state index contributed by atoms with van der Waals surface area (Å²) in [6.07, 6.45) is 1.46. The summed E-state index contributed by atoms with van der Waals surface area (Å²) in [5.41, 5.74) is 7.19. The molecule has 1 aromatic carbocycles. The molecule has 1 saturated carbocycles. The first-order chi connectivity index (χ1) is 9.33. The first-order valence-electron chi connectivity index (χ1n) is 6.55. The van der Waals surface area contributed by atoms with Crippen LogP contribution >= 0.6 is 0 Å². The molecule has 6 nitrogen and oxygen atoms in total. The maximum Gasteiger partial charge on any atom is 0.240 e. The van der Waals surface area contributed by atoms with Gasteiger partial charge in [0, 0.05) is 13.6 Å². The van der Waals surface area contributed by atoms with Crippen molar-refractivity contribution in [3.05, 3.63) is 18.2 Å². The van der Waals surface area contributed by atoms with Gasteiger partial charge in [0.15, 0.2) is 0 Å². The van der Waals surface area contributed by atoms with Crippen LogP contribution in [-0.4, -0.2) is 40.3 Å². The third kappa shape index (κ3) is 3.05. The monoisotopic (exact) mass is 299 g/mol. The molecule has 0 radical (unpaired) electrons. The third-order valence-corrected chi connectivity index (χ3v) is 5.14. The lowest BCUT2D eigenvalue weighted by molar-refractivity contribution is 0.0465. The first-order valence-corrected chi connectivity index (χ1v) is 8.04. The number of rotatable bonds is 5. The van der Waals surface area contributed by atoms with Gasteiger partial charge in [0.2, 0.25) is 10.0 Å². The van der Waals surface area contributed by atoms with Crippen LogP contribution in [0.1, 0.15) is 12.8 Å². The summed E-state index contributed by atoms with van der Waals surface area (Å²) in [5.74, 6) is 0.468. The molecule has 0 aliphatic heterocycles. The molecule has 0 atom stereocenters. The zero-order valence-corrected chi connectivity index (χ0v) is 12.5. The lowest BCUT2D eigenvalue weighted by atomic mass is 9.82. The van der Waals surface area contributed by atoms with Gasteiger partial charge in [0.05, 0.1) is 22.4 Å². The van der Waals surface area contributed by atoms with Crippen molar-refractivity contribution in [2.45, 2.75) is 23.8 Å². The number of nitrogens with two attached hydrogens (primary N) is 1. The molecule has 20 heavy (non-hydrogen) atoms. The van der Waals surface area contributed by atoms with Crippen LogP contribution in [0.4, 0.5) is 11.4 Å². The van der Waals surface area contributed by atoms with Gasteiger partial charge in [-0.3, -0.25) is 0 Å². The number of hydrogen-bond donors (Lipinski definition) is 3. The minimum absolute atomic E-state index is 0.161. The molecular weight excluding hydrogens is 278 g/mol. The maximum atomic E-state index is 11.7. The first kappa shape index (κ1) is 15.1. The Kier molecular flexibility index (Phi) is 4.22. The highest BCUT2D eigenvalue weighted by molar-refractivity contribution is 7.89. The lowest BCUT2D eigenvalue weighted by Crippen LogP contribution is -2.37. The van der Waals surface area contributed by atoms with Crippen LogP contribution in [0.15, 0.2) is 23.1 Å². The summed E-state index contributed by atoms with van der Waals surface area (Å²) in [5, 5.41) is 9.29. The summed E-state index contributed by atoms with van der Waals surface area (Å²) in [6, 6.07) is 4.73. The van der Waals surface area contributed by atoms with E-state index >= 15 is 0 Å². The SMILES string of the molecule is CNS(=O)(=O)c1ccc(N(C)CC2CC(O)C2)c(N)c1. The Hall–Kier alpha value is -1.31. The van der Waals surface area contributed by atoms with Crippen LogP contribution in [0.5, 0.6) is 0 Å². The Morgan fingerprint density at radius 1 is 1.45 bits per heavy atom. The summed E-state index contributed by atoms with van der Waals surface area (Å²) in [4.78, 5) is 2.16. The molecule has 0 heterocycles. The molecule has 1 aliphatic carbocycles. The molecule has 1 fully saturated rings. The van der Waals surface area contributed by atoms with E-state index in [1.807, 2.05) is 11.9 Å². The van der Waals surface area contributed by atoms with Gasteiger partial charge >= 0.3 is 0 Å². The van der Waals surface area contributed by atoms with E-state index in [0.717, 1.165) is 25.1 Å². The van der Waals surface area contributed by atoms with Crippen molar-refractivity contribution in [2.75, 3.05) is 31.3 Å². The van der Waals surface area contributed by atoms with Crippen LogP contribution < -0.4 is 15.4 Å². The van der Waals surface area contributed by atoms with Gasteiger partial charge in [-0.2, -0.15) is 0 Å². The number of aliphatic hydroxyl groups is 1. The predicted molar refractivity (Wildman–Crippen MR) is 79.1 cm³/mol. The second kappa shape index (κ2) is 5.59. The summed E-state index contributed by atoms with van der Waals surface area (Å²) in [6.45, 7) is 0.805. The molecule has 0 unspecified atom stereocenters. The van der Waals surface area contributed by atoms with Crippen LogP contribution in [0.2, 0.25) is 0 Å². The highest BCUT2D eigenvalue weighted by atomic mass is 32.2. The van der Waals surface area contributed by atoms with Gasteiger partial charge < -0.3 is 15.7 Å². The Morgan fingerprint density at radius 3 is 2.60 bits per heavy atom. The molecule has 7 heteroatoms. The fourth-order valence-electron chi connectivity index (χ4n) is 2.50. The predicted octanol–water partition coefficient (Wildman–Crippen LogP) is 0.384. The normalized spacial score (nSPS) is 22.4. The van der Waals surface area contributed by atoms with E-state index in [9.17, 15) is 13.5 Å². The fraction of sp³-hybridized carbons (Fsp3) is 0.538. The molecule has 0 bridgehead atoms. The quantitative estimate of drug-likeness (QED) is 0.683. The average molecular weight is 299 g/mol. The number of sulfonamides is 1. The van der Waals surface area contributed by atoms with Crippen molar-refractivity contribution in [1.29, 1.82) is 0 Å². The van der Waals surface area contributed by atoms with E-state index < -0.39 is 10.0 Å². The van der Waals surface area contributed by atoms with E-state index in [2.05, 4.69) is 4.72 Å². The van der Waals surface area contributed by atoms with Crippen LogP contribution in [0.3, 0.4) is 0 Å². The Morgan fingerprint density at radius 2 is 2.10 bits per heavy atom. The average Bonchev–Trinajstić information content (AvgIpc) is 2.36. The number of nitrogens with zero attached hydrogens (tertiary/aromatic N) is 1. The molecule has 0 spiro atoms. The van der Waals surface area contributed by atoms with Crippen LogP contribution in [0, 0.1) is 5.92 Å². The van der Waals surface area contributed by atoms with Crippen molar-refractivity contribution in [1.82, 2.24) is 4.72 Å². The maximum absolute atomic E-state index is 11.7. The number of hydrogen-bond acceptors (Lipinski definition) is 5. The lowest BCUT2D eigenvalue weighted by Gasteiger charge is -2.35. The molecule has 0 saturated heterocycles.